The van der Waals surface area contributed by atoms with Crippen molar-refractivity contribution < 1.29 is 18.3 Å². The largest absolute Gasteiger partial charge is 0.392 e. The number of piperazine rings is 1. The second-order valence-corrected chi connectivity index (χ2v) is 8.05. The van der Waals surface area contributed by atoms with E-state index in [2.05, 4.69) is 4.90 Å². The van der Waals surface area contributed by atoms with Gasteiger partial charge in [-0.1, -0.05) is 6.92 Å². The molecule has 1 atom stereocenters. The Bertz CT molecular complexity index is 621. The van der Waals surface area contributed by atoms with Crippen LogP contribution in [0.5, 0.6) is 0 Å². The number of aliphatic hydroxyl groups excluding tert-OH is 1. The normalized spacial score (nSPS) is 18.4. The summed E-state index contributed by atoms with van der Waals surface area (Å²) in [6.07, 6.45) is 0.376. The van der Waals surface area contributed by atoms with E-state index in [9.17, 15) is 18.3 Å². The highest BCUT2D eigenvalue weighted by molar-refractivity contribution is 7.91. The quantitative estimate of drug-likeness (QED) is 0.775. The molecule has 0 bridgehead atoms. The Labute approximate surface area is 134 Å². The number of carbonyl (C=O) groups is 1. The monoisotopic (exact) mass is 347 g/mol. The third kappa shape index (κ3) is 4.26. The van der Waals surface area contributed by atoms with Crippen LogP contribution in [0.15, 0.2) is 15.7 Å². The molecule has 1 saturated heterocycles. The maximum absolute atomic E-state index is 12.4. The van der Waals surface area contributed by atoms with E-state index in [0.29, 0.717) is 44.7 Å². The highest BCUT2D eigenvalue weighted by Gasteiger charge is 2.24. The number of aliphatic hydroxyl groups is 1. The van der Waals surface area contributed by atoms with Gasteiger partial charge >= 0.3 is 0 Å². The zero-order valence-corrected chi connectivity index (χ0v) is 14.1. The number of β-amino-alcohol motifs (C(OH)–C–C–N with tert-alkyl or cyclic N) is 1. The topological polar surface area (TPSA) is 104 Å². The number of sulfonamides is 1. The Balaban J connectivity index is 1.94. The van der Waals surface area contributed by atoms with Crippen LogP contribution in [-0.4, -0.2) is 68.1 Å². The van der Waals surface area contributed by atoms with Crippen LogP contribution in [0.3, 0.4) is 0 Å². The molecule has 1 unspecified atom stereocenters. The van der Waals surface area contributed by atoms with Gasteiger partial charge in [0.15, 0.2) is 0 Å². The molecule has 0 radical (unpaired) electrons. The fourth-order valence-corrected chi connectivity index (χ4v) is 3.90. The molecule has 0 saturated carbocycles. The Morgan fingerprint density at radius 2 is 2.05 bits per heavy atom. The van der Waals surface area contributed by atoms with Crippen molar-refractivity contribution in [3.63, 3.8) is 0 Å². The van der Waals surface area contributed by atoms with Crippen molar-refractivity contribution in [2.24, 2.45) is 5.14 Å². The van der Waals surface area contributed by atoms with Gasteiger partial charge in [0.2, 0.25) is 10.0 Å². The van der Waals surface area contributed by atoms with Crippen LogP contribution in [0.1, 0.15) is 23.7 Å². The number of primary sulfonamides is 1. The van der Waals surface area contributed by atoms with Gasteiger partial charge in [0.25, 0.3) is 5.91 Å². The van der Waals surface area contributed by atoms with Crippen LogP contribution in [0.4, 0.5) is 0 Å². The summed E-state index contributed by atoms with van der Waals surface area (Å²) < 4.78 is 22.5. The molecule has 1 aromatic heterocycles. The van der Waals surface area contributed by atoms with Gasteiger partial charge in [-0.25, -0.2) is 13.6 Å². The first kappa shape index (κ1) is 17.4. The van der Waals surface area contributed by atoms with Crippen molar-refractivity contribution >= 4 is 27.3 Å². The lowest BCUT2D eigenvalue weighted by atomic mass is 10.2. The van der Waals surface area contributed by atoms with Crippen molar-refractivity contribution in [2.45, 2.75) is 23.7 Å². The summed E-state index contributed by atoms with van der Waals surface area (Å²) in [6, 6.07) is 1.33. The van der Waals surface area contributed by atoms with E-state index < -0.39 is 10.0 Å². The summed E-state index contributed by atoms with van der Waals surface area (Å²) in [5.41, 5.74) is 0.357. The Morgan fingerprint density at radius 1 is 1.41 bits per heavy atom. The molecule has 22 heavy (non-hydrogen) atoms. The summed E-state index contributed by atoms with van der Waals surface area (Å²) in [5.74, 6) is -0.179. The predicted octanol–water partition coefficient (Wildman–Crippen LogP) is -0.0758. The molecule has 0 aliphatic carbocycles. The van der Waals surface area contributed by atoms with Gasteiger partial charge in [-0.05, 0) is 12.5 Å². The molecule has 1 aromatic rings. The van der Waals surface area contributed by atoms with Crippen molar-refractivity contribution in [1.29, 1.82) is 0 Å². The molecule has 0 spiro atoms. The van der Waals surface area contributed by atoms with Crippen LogP contribution in [0.2, 0.25) is 0 Å². The third-order valence-corrected chi connectivity index (χ3v) is 6.09. The Hall–Kier alpha value is -1.00. The van der Waals surface area contributed by atoms with E-state index in [-0.39, 0.29) is 16.2 Å². The first-order valence-electron chi connectivity index (χ1n) is 7.12. The van der Waals surface area contributed by atoms with Gasteiger partial charge in [-0.2, -0.15) is 0 Å². The van der Waals surface area contributed by atoms with E-state index in [1.807, 2.05) is 6.92 Å². The maximum Gasteiger partial charge on any atom is 0.254 e. The second kappa shape index (κ2) is 7.05. The molecule has 1 amide bonds. The first-order valence-corrected chi connectivity index (χ1v) is 9.55. The maximum atomic E-state index is 12.4. The van der Waals surface area contributed by atoms with E-state index in [1.54, 1.807) is 4.90 Å². The Kier molecular flexibility index (Phi) is 5.56. The number of nitrogens with zero attached hydrogens (tertiary/aromatic N) is 2. The molecule has 0 aromatic carbocycles. The smallest absolute Gasteiger partial charge is 0.254 e. The SMILES string of the molecule is CCC(O)CN1CCN(C(=O)c2csc(S(N)(=O)=O)c2)CC1. The summed E-state index contributed by atoms with van der Waals surface area (Å²) in [6.45, 7) is 5.09. The number of hydrogen-bond acceptors (Lipinski definition) is 6. The standard InChI is InChI=1S/C13H21N3O4S2/c1-2-11(17)8-15-3-5-16(6-4-15)13(18)10-7-12(21-9-10)22(14,19)20/h7,9,11,17H,2-6,8H2,1H3,(H2,14,19,20). The number of rotatable bonds is 5. The molecule has 7 nitrogen and oxygen atoms in total. The van der Waals surface area contributed by atoms with Crippen LogP contribution in [0, 0.1) is 0 Å². The summed E-state index contributed by atoms with van der Waals surface area (Å²) in [4.78, 5) is 16.2. The van der Waals surface area contributed by atoms with Crippen LogP contribution in [-0.2, 0) is 10.0 Å². The minimum atomic E-state index is -3.76. The Morgan fingerprint density at radius 3 is 2.55 bits per heavy atom. The van der Waals surface area contributed by atoms with Crippen molar-refractivity contribution in [3.05, 3.63) is 17.0 Å². The zero-order valence-electron chi connectivity index (χ0n) is 12.4. The van der Waals surface area contributed by atoms with Crippen molar-refractivity contribution in [3.8, 4) is 0 Å². The lowest BCUT2D eigenvalue weighted by Crippen LogP contribution is -2.50. The van der Waals surface area contributed by atoms with E-state index in [0.717, 1.165) is 11.3 Å². The number of hydrogen-bond donors (Lipinski definition) is 2. The van der Waals surface area contributed by atoms with Gasteiger partial charge in [-0.15, -0.1) is 11.3 Å². The van der Waals surface area contributed by atoms with Gasteiger partial charge in [0, 0.05) is 38.1 Å². The van der Waals surface area contributed by atoms with Crippen LogP contribution in [0.25, 0.3) is 0 Å². The fraction of sp³-hybridized carbons (Fsp3) is 0.615. The highest BCUT2D eigenvalue weighted by atomic mass is 32.2. The van der Waals surface area contributed by atoms with Crippen LogP contribution < -0.4 is 5.14 Å². The second-order valence-electron chi connectivity index (χ2n) is 5.35. The van der Waals surface area contributed by atoms with Gasteiger partial charge in [0.05, 0.1) is 11.7 Å². The predicted molar refractivity (Wildman–Crippen MR) is 84.3 cm³/mol. The first-order chi connectivity index (χ1) is 10.3. The molecule has 2 rings (SSSR count). The number of thiophene rings is 1. The molecule has 124 valence electrons. The minimum absolute atomic E-state index is 0.000513. The average Bonchev–Trinajstić information content (AvgIpc) is 2.97. The van der Waals surface area contributed by atoms with E-state index in [4.69, 9.17) is 5.14 Å². The van der Waals surface area contributed by atoms with Gasteiger partial charge in [-0.3, -0.25) is 9.69 Å². The van der Waals surface area contributed by atoms with Crippen LogP contribution >= 0.6 is 11.3 Å². The number of amides is 1. The minimum Gasteiger partial charge on any atom is -0.392 e. The van der Waals surface area contributed by atoms with Crippen molar-refractivity contribution in [1.82, 2.24) is 9.80 Å². The molecular formula is C13H21N3O4S2. The summed E-state index contributed by atoms with van der Waals surface area (Å²) >= 11 is 0.957. The summed E-state index contributed by atoms with van der Waals surface area (Å²) in [5, 5.41) is 16.2. The fourth-order valence-electron chi connectivity index (χ4n) is 2.32. The average molecular weight is 347 g/mol. The van der Waals surface area contributed by atoms with Gasteiger partial charge in [0.1, 0.15) is 4.21 Å². The van der Waals surface area contributed by atoms with E-state index >= 15 is 0 Å². The lowest BCUT2D eigenvalue weighted by Gasteiger charge is -2.35. The molecule has 9 heteroatoms. The van der Waals surface area contributed by atoms with Gasteiger partial charge < -0.3 is 10.0 Å². The number of nitrogens with two attached hydrogens (primary N) is 1. The molecule has 1 aliphatic rings. The molecule has 1 aliphatic heterocycles. The third-order valence-electron chi connectivity index (χ3n) is 3.70. The van der Waals surface area contributed by atoms with E-state index in [1.165, 1.54) is 11.4 Å². The zero-order chi connectivity index (χ0) is 16.3. The van der Waals surface area contributed by atoms with Crippen molar-refractivity contribution in [2.75, 3.05) is 32.7 Å². The highest BCUT2D eigenvalue weighted by Crippen LogP contribution is 2.20. The molecule has 3 N–H and O–H groups in total. The lowest BCUT2D eigenvalue weighted by molar-refractivity contribution is 0.0524. The number of carbonyl (C=O) groups excluding carboxylic acids is 1. The molecule has 2 heterocycles. The summed E-state index contributed by atoms with van der Waals surface area (Å²) in [7, 11) is -3.76. The molecular weight excluding hydrogens is 326 g/mol. The molecule has 1 fully saturated rings.